The lowest BCUT2D eigenvalue weighted by molar-refractivity contribution is -0.117. The highest BCUT2D eigenvalue weighted by Crippen LogP contribution is 2.28. The highest BCUT2D eigenvalue weighted by molar-refractivity contribution is 6.30. The third-order valence-corrected chi connectivity index (χ3v) is 3.10. The van der Waals surface area contributed by atoms with Crippen LogP contribution in [0.1, 0.15) is 18.9 Å². The van der Waals surface area contributed by atoms with Crippen LogP contribution in [0.15, 0.2) is 23.8 Å². The Balaban J connectivity index is 2.03. The van der Waals surface area contributed by atoms with Gasteiger partial charge in [0.05, 0.1) is 5.57 Å². The number of nitrogens with one attached hydrogen (secondary N) is 1. The van der Waals surface area contributed by atoms with Gasteiger partial charge in [-0.15, -0.1) is 0 Å². The molecule has 0 radical (unpaired) electrons. The minimum atomic E-state index is -0.119. The van der Waals surface area contributed by atoms with Crippen LogP contribution in [-0.2, 0) is 4.79 Å². The van der Waals surface area contributed by atoms with Crippen molar-refractivity contribution in [1.29, 1.82) is 0 Å². The van der Waals surface area contributed by atoms with Crippen molar-refractivity contribution in [3.05, 3.63) is 34.4 Å². The number of carbonyl (C=O) groups is 1. The van der Waals surface area contributed by atoms with E-state index in [1.807, 2.05) is 13.0 Å². The zero-order chi connectivity index (χ0) is 13.8. The molecule has 0 aromatic heterocycles. The lowest BCUT2D eigenvalue weighted by atomic mass is 10.1. The normalized spacial score (nSPS) is 15.0. The highest BCUT2D eigenvalue weighted by atomic mass is 35.5. The molecule has 0 spiro atoms. The first kappa shape index (κ1) is 13.9. The molecule has 1 heterocycles. The second-order valence-electron chi connectivity index (χ2n) is 4.66. The molecule has 2 rings (SSSR count). The van der Waals surface area contributed by atoms with Crippen LogP contribution >= 0.6 is 11.6 Å². The third kappa shape index (κ3) is 3.72. The van der Waals surface area contributed by atoms with Crippen LogP contribution < -0.4 is 15.8 Å². The van der Waals surface area contributed by atoms with Gasteiger partial charge in [-0.05, 0) is 37.6 Å². The molecule has 1 amide bonds. The fraction of sp³-hybridized carbons (Fsp3) is 0.357. The zero-order valence-corrected chi connectivity index (χ0v) is 11.5. The van der Waals surface area contributed by atoms with Crippen molar-refractivity contribution in [3.63, 3.8) is 0 Å². The summed E-state index contributed by atoms with van der Waals surface area (Å²) in [6.45, 7) is 2.75. The lowest BCUT2D eigenvalue weighted by Gasteiger charge is -2.18. The van der Waals surface area contributed by atoms with Crippen LogP contribution in [0.5, 0.6) is 5.75 Å². The molecule has 4 nitrogen and oxygen atoms in total. The molecule has 1 aliphatic heterocycles. The van der Waals surface area contributed by atoms with Gasteiger partial charge in [-0.1, -0.05) is 11.6 Å². The van der Waals surface area contributed by atoms with E-state index in [2.05, 4.69) is 5.32 Å². The Labute approximate surface area is 117 Å². The molecular formula is C14H17ClN2O2. The van der Waals surface area contributed by atoms with E-state index >= 15 is 0 Å². The van der Waals surface area contributed by atoms with Crippen LogP contribution in [0, 0.1) is 0 Å². The summed E-state index contributed by atoms with van der Waals surface area (Å²) >= 11 is 5.92. The first-order valence-electron chi connectivity index (χ1n) is 6.23. The number of benzene rings is 1. The van der Waals surface area contributed by atoms with E-state index in [-0.39, 0.29) is 18.6 Å². The molecule has 1 unspecified atom stereocenters. The van der Waals surface area contributed by atoms with Gasteiger partial charge in [0.1, 0.15) is 12.4 Å². The Morgan fingerprint density at radius 1 is 1.58 bits per heavy atom. The van der Waals surface area contributed by atoms with Crippen molar-refractivity contribution in [1.82, 2.24) is 5.32 Å². The topological polar surface area (TPSA) is 64.3 Å². The number of halogens is 1. The minimum absolute atomic E-state index is 0.0800. The second-order valence-corrected chi connectivity index (χ2v) is 5.10. The van der Waals surface area contributed by atoms with Gasteiger partial charge < -0.3 is 15.8 Å². The Morgan fingerprint density at radius 3 is 3.11 bits per heavy atom. The number of ether oxygens (including phenoxy) is 1. The first-order valence-corrected chi connectivity index (χ1v) is 6.61. The number of amides is 1. The van der Waals surface area contributed by atoms with Gasteiger partial charge >= 0.3 is 0 Å². The maximum Gasteiger partial charge on any atom is 0.250 e. The van der Waals surface area contributed by atoms with E-state index in [0.717, 1.165) is 17.7 Å². The monoisotopic (exact) mass is 280 g/mol. The second kappa shape index (κ2) is 6.08. The summed E-state index contributed by atoms with van der Waals surface area (Å²) in [6, 6.07) is 5.43. The standard InChI is InChI=1S/C14H17ClN2O2/c1-9(16)4-5-17-14(18)11-6-10-7-12(15)2-3-13(10)19-8-11/h2-3,6-7,9H,4-5,8,16H2,1H3,(H,17,18). The Hall–Kier alpha value is -1.52. The van der Waals surface area contributed by atoms with E-state index in [1.165, 1.54) is 0 Å². The molecule has 0 bridgehead atoms. The lowest BCUT2D eigenvalue weighted by Crippen LogP contribution is -2.32. The molecule has 5 heteroatoms. The molecule has 1 atom stereocenters. The van der Waals surface area contributed by atoms with Gasteiger partial charge in [0, 0.05) is 23.2 Å². The molecule has 1 aromatic rings. The van der Waals surface area contributed by atoms with Gasteiger partial charge in [-0.3, -0.25) is 4.79 Å². The number of fused-ring (bicyclic) bond motifs is 1. The number of rotatable bonds is 4. The predicted molar refractivity (Wildman–Crippen MR) is 76.2 cm³/mol. The van der Waals surface area contributed by atoms with Gasteiger partial charge in [-0.2, -0.15) is 0 Å². The summed E-state index contributed by atoms with van der Waals surface area (Å²) in [7, 11) is 0. The number of carbonyl (C=O) groups excluding carboxylic acids is 1. The SMILES string of the molecule is CC(N)CCNC(=O)C1=Cc2cc(Cl)ccc2OC1. The highest BCUT2D eigenvalue weighted by Gasteiger charge is 2.17. The number of hydrogen-bond donors (Lipinski definition) is 2. The molecule has 1 aliphatic rings. The average Bonchev–Trinajstić information content (AvgIpc) is 2.37. The summed E-state index contributed by atoms with van der Waals surface area (Å²) in [5, 5.41) is 3.45. The molecule has 102 valence electrons. The fourth-order valence-electron chi connectivity index (χ4n) is 1.81. The Bertz CT molecular complexity index is 512. The van der Waals surface area contributed by atoms with Crippen LogP contribution in [0.3, 0.4) is 0 Å². The van der Waals surface area contributed by atoms with E-state index < -0.39 is 0 Å². The van der Waals surface area contributed by atoms with Gasteiger partial charge in [-0.25, -0.2) is 0 Å². The van der Waals surface area contributed by atoms with E-state index in [0.29, 0.717) is 17.1 Å². The molecule has 1 aromatic carbocycles. The Kier molecular flexibility index (Phi) is 4.45. The molecule has 0 saturated heterocycles. The molecule has 19 heavy (non-hydrogen) atoms. The number of hydrogen-bond acceptors (Lipinski definition) is 3. The fourth-order valence-corrected chi connectivity index (χ4v) is 1.99. The van der Waals surface area contributed by atoms with E-state index in [1.54, 1.807) is 18.2 Å². The van der Waals surface area contributed by atoms with Crippen LogP contribution in [0.25, 0.3) is 6.08 Å². The predicted octanol–water partition coefficient (Wildman–Crippen LogP) is 1.97. The summed E-state index contributed by atoms with van der Waals surface area (Å²) in [4.78, 5) is 11.9. The molecule has 0 saturated carbocycles. The number of nitrogens with two attached hydrogens (primary N) is 1. The largest absolute Gasteiger partial charge is 0.488 e. The van der Waals surface area contributed by atoms with Crippen molar-refractivity contribution in [2.75, 3.05) is 13.2 Å². The molecule has 0 aliphatic carbocycles. The minimum Gasteiger partial charge on any atom is -0.488 e. The van der Waals surface area contributed by atoms with Crippen LogP contribution in [0.4, 0.5) is 0 Å². The van der Waals surface area contributed by atoms with Crippen LogP contribution in [-0.4, -0.2) is 25.1 Å². The van der Waals surface area contributed by atoms with E-state index in [4.69, 9.17) is 22.1 Å². The summed E-state index contributed by atoms with van der Waals surface area (Å²) in [6.07, 6.45) is 2.56. The molecular weight excluding hydrogens is 264 g/mol. The summed E-state index contributed by atoms with van der Waals surface area (Å²) in [5.74, 6) is 0.628. The maximum absolute atomic E-state index is 11.9. The van der Waals surface area contributed by atoms with Crippen molar-refractivity contribution in [3.8, 4) is 5.75 Å². The Morgan fingerprint density at radius 2 is 2.37 bits per heavy atom. The average molecular weight is 281 g/mol. The summed E-state index contributed by atoms with van der Waals surface area (Å²) in [5.41, 5.74) is 7.06. The van der Waals surface area contributed by atoms with Gasteiger partial charge in [0.25, 0.3) is 5.91 Å². The van der Waals surface area contributed by atoms with Crippen molar-refractivity contribution in [2.24, 2.45) is 5.73 Å². The van der Waals surface area contributed by atoms with E-state index in [9.17, 15) is 4.79 Å². The summed E-state index contributed by atoms with van der Waals surface area (Å²) < 4.78 is 5.53. The van der Waals surface area contributed by atoms with Crippen LogP contribution in [0.2, 0.25) is 5.02 Å². The van der Waals surface area contributed by atoms with Gasteiger partial charge in [0.15, 0.2) is 0 Å². The van der Waals surface area contributed by atoms with Crippen molar-refractivity contribution < 1.29 is 9.53 Å². The quantitative estimate of drug-likeness (QED) is 0.886. The molecule has 3 N–H and O–H groups in total. The van der Waals surface area contributed by atoms with Crippen molar-refractivity contribution >= 4 is 23.6 Å². The smallest absolute Gasteiger partial charge is 0.250 e. The zero-order valence-electron chi connectivity index (χ0n) is 10.8. The van der Waals surface area contributed by atoms with Crippen molar-refractivity contribution in [2.45, 2.75) is 19.4 Å². The first-order chi connectivity index (χ1) is 9.06. The third-order valence-electron chi connectivity index (χ3n) is 2.86. The molecule has 0 fully saturated rings. The van der Waals surface area contributed by atoms with Gasteiger partial charge in [0.2, 0.25) is 0 Å². The maximum atomic E-state index is 11.9.